The van der Waals surface area contributed by atoms with Crippen molar-refractivity contribution in [2.24, 2.45) is 0 Å². The summed E-state index contributed by atoms with van der Waals surface area (Å²) < 4.78 is 0. The Balaban J connectivity index is 2.99. The Morgan fingerprint density at radius 2 is 1.21 bits per heavy atom. The maximum atomic E-state index is 6.20. The highest BCUT2D eigenvalue weighted by Gasteiger charge is 2.05. The maximum Gasteiger partial charge on any atom is -0.0106 e. The van der Waals surface area contributed by atoms with Crippen molar-refractivity contribution in [2.75, 3.05) is 18.3 Å². The molecule has 0 aromatic carbocycles. The van der Waals surface area contributed by atoms with Crippen molar-refractivity contribution in [2.45, 2.75) is 58.3 Å². The molecule has 0 amide bonds. The first-order valence-corrected chi connectivity index (χ1v) is 9.41. The van der Waals surface area contributed by atoms with E-state index in [1.54, 1.807) is 0 Å². The third-order valence-corrected chi connectivity index (χ3v) is 4.21. The van der Waals surface area contributed by atoms with Crippen LogP contribution in [0.25, 0.3) is 0 Å². The van der Waals surface area contributed by atoms with Gasteiger partial charge in [0.15, 0.2) is 0 Å². The molecule has 88 valence electrons. The lowest BCUT2D eigenvalue weighted by molar-refractivity contribution is 0.586. The van der Waals surface area contributed by atoms with Crippen molar-refractivity contribution in [1.29, 1.82) is 0 Å². The molecule has 0 saturated carbocycles. The Labute approximate surface area is 96.6 Å². The van der Waals surface area contributed by atoms with Crippen LogP contribution < -0.4 is 0 Å². The lowest BCUT2D eigenvalue weighted by Crippen LogP contribution is -1.93. The van der Waals surface area contributed by atoms with Crippen LogP contribution in [0.2, 0.25) is 0 Å². The molecule has 2 heteroatoms. The van der Waals surface area contributed by atoms with Crippen LogP contribution >= 0.6 is 19.9 Å². The quantitative estimate of drug-likeness (QED) is 0.476. The molecule has 0 aliphatic carbocycles. The Morgan fingerprint density at radius 1 is 0.786 bits per heavy atom. The van der Waals surface area contributed by atoms with Gasteiger partial charge in [-0.05, 0) is 24.7 Å². The fourth-order valence-electron chi connectivity index (χ4n) is 1.58. The Morgan fingerprint density at radius 3 is 1.64 bits per heavy atom. The summed E-state index contributed by atoms with van der Waals surface area (Å²) >= 11 is 0. The molecule has 0 bridgehead atoms. The van der Waals surface area contributed by atoms with Crippen LogP contribution in [-0.2, 0) is 0 Å². The van der Waals surface area contributed by atoms with Gasteiger partial charge in [-0.2, -0.15) is 9.24 Å². The van der Waals surface area contributed by atoms with Gasteiger partial charge in [-0.1, -0.05) is 62.6 Å². The van der Waals surface area contributed by atoms with E-state index in [1.165, 1.54) is 57.1 Å². The fourth-order valence-corrected chi connectivity index (χ4v) is 2.80. The highest BCUT2D eigenvalue weighted by Crippen LogP contribution is 2.45. The molecule has 0 saturated heterocycles. The van der Waals surface area contributed by atoms with E-state index in [9.17, 15) is 0 Å². The van der Waals surface area contributed by atoms with Crippen molar-refractivity contribution in [1.82, 2.24) is 0 Å². The lowest BCUT2D eigenvalue weighted by Gasteiger charge is -2.21. The van der Waals surface area contributed by atoms with Crippen LogP contribution in [0.3, 0.4) is 0 Å². The van der Waals surface area contributed by atoms with E-state index in [-0.39, 0.29) is 0 Å². The fraction of sp³-hybridized carbons (Fsp3) is 1.00. The molecule has 0 atom stereocenters. The van der Waals surface area contributed by atoms with Gasteiger partial charge in [0.2, 0.25) is 0 Å². The monoisotopic (exact) mass is 238 g/mol. The summed E-state index contributed by atoms with van der Waals surface area (Å²) in [5.41, 5.74) is 0. The molecule has 0 spiro atoms. The summed E-state index contributed by atoms with van der Waals surface area (Å²) in [7, 11) is 5.44. The van der Waals surface area contributed by atoms with Crippen LogP contribution in [-0.4, -0.2) is 18.3 Å². The van der Waals surface area contributed by atoms with Gasteiger partial charge in [-0.15, -0.1) is 0 Å². The maximum absolute atomic E-state index is 6.20. The first-order chi connectivity index (χ1) is 6.56. The highest BCUT2D eigenvalue weighted by molar-refractivity contribution is 8.50. The van der Waals surface area contributed by atoms with Crippen LogP contribution in [0.5, 0.6) is 0 Å². The Hall–Kier alpha value is 0.640. The molecule has 0 nitrogen and oxygen atoms in total. The predicted octanol–water partition coefficient (Wildman–Crippen LogP) is 5.35. The summed E-state index contributed by atoms with van der Waals surface area (Å²) in [6.45, 7) is 2.27. The third kappa shape index (κ3) is 12.6. The minimum atomic E-state index is -0.753. The lowest BCUT2D eigenvalue weighted by atomic mass is 10.1. The summed E-state index contributed by atoms with van der Waals surface area (Å²) in [6.07, 6.45) is 15.6. The molecule has 0 fully saturated rings. The summed E-state index contributed by atoms with van der Waals surface area (Å²) in [5.74, 6) is 1.24. The van der Waals surface area contributed by atoms with E-state index >= 15 is 0 Å². The number of unbranched alkanes of at least 4 members (excludes halogenated alkanes) is 7. The number of halogens is 1. The van der Waals surface area contributed by atoms with Gasteiger partial charge < -0.3 is 0 Å². The Kier molecular flexibility index (Phi) is 9.32. The second-order valence-corrected chi connectivity index (χ2v) is 10.3. The zero-order valence-electron chi connectivity index (χ0n) is 10.2. The molecule has 0 aliphatic heterocycles. The number of hydrogen-bond acceptors (Lipinski definition) is 0. The molecule has 0 aliphatic rings. The number of rotatable bonds is 9. The molecule has 0 aromatic heterocycles. The molecular weight excluding hydrogens is 212 g/mol. The predicted molar refractivity (Wildman–Crippen MR) is 72.8 cm³/mol. The smallest absolute Gasteiger partial charge is 0.0106 e. The minimum absolute atomic E-state index is 0.753. The minimum Gasteiger partial charge on any atom is -0.169 e. The SMILES string of the molecule is CCCCCCCCCCS(C)(C)Cl. The zero-order chi connectivity index (χ0) is 10.9. The topological polar surface area (TPSA) is 0 Å². The molecule has 14 heavy (non-hydrogen) atoms. The average Bonchev–Trinajstić information content (AvgIpc) is 2.08. The van der Waals surface area contributed by atoms with Gasteiger partial charge >= 0.3 is 0 Å². The van der Waals surface area contributed by atoms with Crippen molar-refractivity contribution < 1.29 is 0 Å². The van der Waals surface area contributed by atoms with Crippen LogP contribution in [0.15, 0.2) is 0 Å². The van der Waals surface area contributed by atoms with Gasteiger partial charge in [0.05, 0.1) is 0 Å². The molecule has 0 heterocycles. The van der Waals surface area contributed by atoms with E-state index in [2.05, 4.69) is 19.4 Å². The van der Waals surface area contributed by atoms with E-state index in [0.29, 0.717) is 0 Å². The molecule has 0 radical (unpaired) electrons. The third-order valence-electron chi connectivity index (χ3n) is 2.48. The first-order valence-electron chi connectivity index (χ1n) is 5.97. The number of hydrogen-bond donors (Lipinski definition) is 0. The van der Waals surface area contributed by atoms with Gasteiger partial charge in [-0.25, -0.2) is 0 Å². The van der Waals surface area contributed by atoms with Crippen molar-refractivity contribution in [3.63, 3.8) is 0 Å². The molecule has 0 N–H and O–H groups in total. The Bertz CT molecular complexity index is 118. The van der Waals surface area contributed by atoms with Gasteiger partial charge in [-0.3, -0.25) is 0 Å². The summed E-state index contributed by atoms with van der Waals surface area (Å²) in [6, 6.07) is 0. The van der Waals surface area contributed by atoms with Gasteiger partial charge in [0, 0.05) is 0 Å². The average molecular weight is 239 g/mol. The molecule has 0 aromatic rings. The molecule has 0 rings (SSSR count). The summed E-state index contributed by atoms with van der Waals surface area (Å²) in [5, 5.41) is 0. The zero-order valence-corrected chi connectivity index (χ0v) is 11.7. The van der Waals surface area contributed by atoms with E-state index in [4.69, 9.17) is 10.7 Å². The van der Waals surface area contributed by atoms with Gasteiger partial charge in [0.25, 0.3) is 0 Å². The van der Waals surface area contributed by atoms with E-state index in [0.717, 1.165) is 0 Å². The summed E-state index contributed by atoms with van der Waals surface area (Å²) in [4.78, 5) is 0. The second-order valence-electron chi connectivity index (χ2n) is 4.58. The van der Waals surface area contributed by atoms with Crippen LogP contribution in [0, 0.1) is 0 Å². The van der Waals surface area contributed by atoms with Crippen LogP contribution in [0.1, 0.15) is 58.3 Å². The standard InChI is InChI=1S/C12H27ClS/c1-4-5-6-7-8-9-10-11-12-14(2,3)13/h4-12H2,1-3H3. The highest BCUT2D eigenvalue weighted by atomic mass is 35.7. The van der Waals surface area contributed by atoms with Crippen LogP contribution in [0.4, 0.5) is 0 Å². The van der Waals surface area contributed by atoms with Crippen molar-refractivity contribution >= 4 is 19.9 Å². The normalized spacial score (nSPS) is 13.1. The second kappa shape index (κ2) is 8.91. The first kappa shape index (κ1) is 14.6. The van der Waals surface area contributed by atoms with Crippen molar-refractivity contribution in [3.05, 3.63) is 0 Å². The van der Waals surface area contributed by atoms with Crippen molar-refractivity contribution in [3.8, 4) is 0 Å². The van der Waals surface area contributed by atoms with E-state index < -0.39 is 9.24 Å². The molecule has 0 unspecified atom stereocenters. The largest absolute Gasteiger partial charge is 0.169 e. The van der Waals surface area contributed by atoms with E-state index in [1.807, 2.05) is 0 Å². The van der Waals surface area contributed by atoms with Gasteiger partial charge in [0.1, 0.15) is 0 Å². The molecular formula is C12H27ClS.